The molecule has 5 amide bonds. The molecule has 0 aliphatic carbocycles. The Kier molecular flexibility index (Phi) is 6.84. The number of ether oxygens (including phenoxy) is 1. The van der Waals surface area contributed by atoms with Gasteiger partial charge in [0, 0.05) is 25.8 Å². The number of anilines is 1. The van der Waals surface area contributed by atoms with Gasteiger partial charge < -0.3 is 21.1 Å². The molecule has 1 aromatic carbocycles. The normalized spacial score (nSPS) is 11.4. The van der Waals surface area contributed by atoms with Gasteiger partial charge in [-0.25, -0.2) is 9.59 Å². The van der Waals surface area contributed by atoms with Crippen molar-refractivity contribution in [2.45, 2.75) is 19.4 Å². The number of hydrogen-bond donors (Lipinski definition) is 4. The highest BCUT2D eigenvalue weighted by molar-refractivity contribution is 5.94. The molecule has 5 N–H and O–H groups in total. The van der Waals surface area contributed by atoms with Gasteiger partial charge in [0.1, 0.15) is 0 Å². The molecule has 1 atom stereocenters. The summed E-state index contributed by atoms with van der Waals surface area (Å²) >= 11 is 0. The van der Waals surface area contributed by atoms with Gasteiger partial charge in [-0.15, -0.1) is 0 Å². The number of carbonyl (C=O) groups is 3. The Morgan fingerprint density at radius 2 is 2.05 bits per heavy atom. The van der Waals surface area contributed by atoms with Gasteiger partial charge in [-0.1, -0.05) is 12.1 Å². The largest absolute Gasteiger partial charge is 0.377 e. The SMILES string of the molecule is COC(C)c1cccc(NC(=O)NCCC(=O)NC(N)=O)c1. The number of amides is 5. The van der Waals surface area contributed by atoms with Crippen LogP contribution < -0.4 is 21.7 Å². The van der Waals surface area contributed by atoms with Crippen LogP contribution in [0, 0.1) is 0 Å². The number of imide groups is 1. The Hall–Kier alpha value is -2.61. The van der Waals surface area contributed by atoms with Crippen LogP contribution in [-0.2, 0) is 9.53 Å². The molecule has 8 heteroatoms. The topological polar surface area (TPSA) is 123 Å². The molecule has 0 fully saturated rings. The molecule has 0 bridgehead atoms. The van der Waals surface area contributed by atoms with E-state index in [1.807, 2.05) is 18.3 Å². The molecule has 0 aromatic heterocycles. The summed E-state index contributed by atoms with van der Waals surface area (Å²) in [4.78, 5) is 33.3. The maximum absolute atomic E-state index is 11.7. The highest BCUT2D eigenvalue weighted by Crippen LogP contribution is 2.19. The summed E-state index contributed by atoms with van der Waals surface area (Å²) in [5.74, 6) is -0.552. The van der Waals surface area contributed by atoms with Crippen molar-refractivity contribution < 1.29 is 19.1 Å². The van der Waals surface area contributed by atoms with E-state index >= 15 is 0 Å². The second-order valence-corrected chi connectivity index (χ2v) is 4.55. The van der Waals surface area contributed by atoms with Crippen LogP contribution in [0.1, 0.15) is 25.0 Å². The van der Waals surface area contributed by atoms with E-state index in [1.165, 1.54) is 0 Å². The molecule has 8 nitrogen and oxygen atoms in total. The molecular weight excluding hydrogens is 288 g/mol. The van der Waals surface area contributed by atoms with Crippen LogP contribution in [0.15, 0.2) is 24.3 Å². The maximum atomic E-state index is 11.7. The Bertz CT molecular complexity index is 547. The lowest BCUT2D eigenvalue weighted by Crippen LogP contribution is -2.38. The number of benzene rings is 1. The zero-order valence-corrected chi connectivity index (χ0v) is 12.5. The highest BCUT2D eigenvalue weighted by Gasteiger charge is 2.08. The number of primary amides is 1. The van der Waals surface area contributed by atoms with Gasteiger partial charge in [-0.3, -0.25) is 10.1 Å². The molecule has 0 radical (unpaired) electrons. The maximum Gasteiger partial charge on any atom is 0.319 e. The van der Waals surface area contributed by atoms with Gasteiger partial charge in [-0.2, -0.15) is 0 Å². The molecule has 1 rings (SSSR count). The zero-order valence-electron chi connectivity index (χ0n) is 12.5. The lowest BCUT2D eigenvalue weighted by molar-refractivity contribution is -0.119. The molecule has 0 saturated heterocycles. The summed E-state index contributed by atoms with van der Waals surface area (Å²) in [7, 11) is 1.61. The number of rotatable bonds is 6. The van der Waals surface area contributed by atoms with Crippen LogP contribution in [0.2, 0.25) is 0 Å². The van der Waals surface area contributed by atoms with E-state index in [9.17, 15) is 14.4 Å². The van der Waals surface area contributed by atoms with Crippen molar-refractivity contribution in [2.24, 2.45) is 5.73 Å². The lowest BCUT2D eigenvalue weighted by atomic mass is 10.1. The van der Waals surface area contributed by atoms with Crippen molar-refractivity contribution in [2.75, 3.05) is 19.0 Å². The Morgan fingerprint density at radius 3 is 2.68 bits per heavy atom. The van der Waals surface area contributed by atoms with Crippen molar-refractivity contribution in [3.8, 4) is 0 Å². The molecule has 1 aromatic rings. The van der Waals surface area contributed by atoms with E-state index in [1.54, 1.807) is 25.3 Å². The van der Waals surface area contributed by atoms with Gasteiger partial charge in [0.25, 0.3) is 0 Å². The predicted molar refractivity (Wildman–Crippen MR) is 81.2 cm³/mol. The number of nitrogens with two attached hydrogens (primary N) is 1. The Balaban J connectivity index is 2.42. The minimum Gasteiger partial charge on any atom is -0.377 e. The molecule has 0 saturated carbocycles. The molecule has 0 aliphatic heterocycles. The molecule has 0 spiro atoms. The van der Waals surface area contributed by atoms with Crippen LogP contribution in [-0.4, -0.2) is 31.6 Å². The molecule has 0 heterocycles. The fraction of sp³-hybridized carbons (Fsp3) is 0.357. The van der Waals surface area contributed by atoms with Crippen molar-refractivity contribution >= 4 is 23.7 Å². The summed E-state index contributed by atoms with van der Waals surface area (Å²) in [5.41, 5.74) is 6.34. The zero-order chi connectivity index (χ0) is 16.5. The predicted octanol–water partition coefficient (Wildman–Crippen LogP) is 1.10. The number of urea groups is 2. The smallest absolute Gasteiger partial charge is 0.319 e. The van der Waals surface area contributed by atoms with Crippen LogP contribution >= 0.6 is 0 Å². The van der Waals surface area contributed by atoms with Gasteiger partial charge in [0.05, 0.1) is 6.10 Å². The van der Waals surface area contributed by atoms with Gasteiger partial charge in [0.2, 0.25) is 5.91 Å². The number of nitrogens with one attached hydrogen (secondary N) is 3. The Labute approximate surface area is 128 Å². The molecule has 120 valence electrons. The molecular formula is C14H20N4O4. The van der Waals surface area contributed by atoms with Crippen LogP contribution in [0.3, 0.4) is 0 Å². The monoisotopic (exact) mass is 308 g/mol. The fourth-order valence-corrected chi connectivity index (χ4v) is 1.67. The van der Waals surface area contributed by atoms with Crippen LogP contribution in [0.25, 0.3) is 0 Å². The van der Waals surface area contributed by atoms with Crippen molar-refractivity contribution in [1.29, 1.82) is 0 Å². The van der Waals surface area contributed by atoms with Gasteiger partial charge in [0.15, 0.2) is 0 Å². The van der Waals surface area contributed by atoms with E-state index < -0.39 is 18.0 Å². The highest BCUT2D eigenvalue weighted by atomic mass is 16.5. The average Bonchev–Trinajstić information content (AvgIpc) is 2.45. The quantitative estimate of drug-likeness (QED) is 0.628. The minimum absolute atomic E-state index is 0.0445. The van der Waals surface area contributed by atoms with E-state index in [-0.39, 0.29) is 19.1 Å². The third kappa shape index (κ3) is 6.23. The first-order valence-corrected chi connectivity index (χ1v) is 6.69. The summed E-state index contributed by atoms with van der Waals surface area (Å²) < 4.78 is 5.21. The fourth-order valence-electron chi connectivity index (χ4n) is 1.67. The number of methoxy groups -OCH3 is 1. The van der Waals surface area contributed by atoms with E-state index in [4.69, 9.17) is 10.5 Å². The van der Waals surface area contributed by atoms with Crippen LogP contribution in [0.5, 0.6) is 0 Å². The number of carbonyl (C=O) groups excluding carboxylic acids is 3. The average molecular weight is 308 g/mol. The first-order chi connectivity index (χ1) is 10.4. The lowest BCUT2D eigenvalue weighted by Gasteiger charge is -2.12. The first kappa shape index (κ1) is 17.4. The molecule has 22 heavy (non-hydrogen) atoms. The second kappa shape index (κ2) is 8.63. The van der Waals surface area contributed by atoms with Gasteiger partial charge >= 0.3 is 12.1 Å². The molecule has 0 aliphatic rings. The van der Waals surface area contributed by atoms with Crippen LogP contribution in [0.4, 0.5) is 15.3 Å². The van der Waals surface area contributed by atoms with Crippen molar-refractivity contribution in [1.82, 2.24) is 10.6 Å². The second-order valence-electron chi connectivity index (χ2n) is 4.55. The van der Waals surface area contributed by atoms with E-state index in [2.05, 4.69) is 10.6 Å². The van der Waals surface area contributed by atoms with E-state index in [0.29, 0.717) is 5.69 Å². The third-order valence-electron chi connectivity index (χ3n) is 2.87. The summed E-state index contributed by atoms with van der Waals surface area (Å²) in [6.45, 7) is 1.98. The standard InChI is InChI=1S/C14H20N4O4/c1-9(22-2)10-4-3-5-11(8-10)17-14(21)16-7-6-12(19)18-13(15)20/h3-5,8-9H,6-7H2,1-2H3,(H2,16,17,21)(H3,15,18,19,20). The minimum atomic E-state index is -0.918. The number of hydrogen-bond acceptors (Lipinski definition) is 4. The summed E-state index contributed by atoms with van der Waals surface area (Å²) in [6.07, 6.45) is -0.126. The van der Waals surface area contributed by atoms with Crippen molar-refractivity contribution in [3.63, 3.8) is 0 Å². The van der Waals surface area contributed by atoms with E-state index in [0.717, 1.165) is 5.56 Å². The van der Waals surface area contributed by atoms with Gasteiger partial charge in [-0.05, 0) is 24.6 Å². The first-order valence-electron chi connectivity index (χ1n) is 6.69. The van der Waals surface area contributed by atoms with Crippen molar-refractivity contribution in [3.05, 3.63) is 29.8 Å². The molecule has 1 unspecified atom stereocenters. The summed E-state index contributed by atoms with van der Waals surface area (Å²) in [5, 5.41) is 7.06. The Morgan fingerprint density at radius 1 is 1.32 bits per heavy atom. The summed E-state index contributed by atoms with van der Waals surface area (Å²) in [6, 6.07) is 5.87. The third-order valence-corrected chi connectivity index (χ3v) is 2.87.